The maximum atomic E-state index is 13.5. The molecule has 2 amide bonds. The van der Waals surface area contributed by atoms with E-state index < -0.39 is 23.9 Å². The Morgan fingerprint density at radius 1 is 1.45 bits per heavy atom. The number of primary amides is 1. The molecule has 1 atom stereocenters. The minimum absolute atomic E-state index is 0.101. The monoisotopic (exact) mass is 330 g/mol. The molecule has 0 fully saturated rings. The summed E-state index contributed by atoms with van der Waals surface area (Å²) in [6.07, 6.45) is 2.28. The second-order valence-electron chi connectivity index (χ2n) is 4.42. The van der Waals surface area contributed by atoms with E-state index in [1.807, 2.05) is 6.26 Å². The lowest BCUT2D eigenvalue weighted by Gasteiger charge is -2.16. The number of methoxy groups -OCH3 is 1. The Balaban J connectivity index is 2.61. The van der Waals surface area contributed by atoms with Gasteiger partial charge in [0.1, 0.15) is 12.6 Å². The third-order valence-corrected chi connectivity index (χ3v) is 3.45. The zero-order valence-corrected chi connectivity index (χ0v) is 13.2. The van der Waals surface area contributed by atoms with Crippen molar-refractivity contribution in [3.8, 4) is 5.75 Å². The molecule has 0 unspecified atom stereocenters. The van der Waals surface area contributed by atoms with Gasteiger partial charge in [0.05, 0.1) is 7.11 Å². The van der Waals surface area contributed by atoms with Crippen molar-refractivity contribution in [2.75, 3.05) is 19.1 Å². The Hall–Kier alpha value is -1.96. The molecule has 0 heterocycles. The molecule has 0 aliphatic carbocycles. The van der Waals surface area contributed by atoms with E-state index in [2.05, 4.69) is 5.32 Å². The van der Waals surface area contributed by atoms with Crippen LogP contribution in [0.15, 0.2) is 18.2 Å². The minimum Gasteiger partial charge on any atom is -0.494 e. The Morgan fingerprint density at radius 3 is 2.73 bits per heavy atom. The van der Waals surface area contributed by atoms with Crippen molar-refractivity contribution in [3.63, 3.8) is 0 Å². The van der Waals surface area contributed by atoms with Crippen LogP contribution < -0.4 is 15.8 Å². The fourth-order valence-electron chi connectivity index (χ4n) is 1.71. The van der Waals surface area contributed by atoms with E-state index in [9.17, 15) is 14.0 Å². The number of nitrogens with two attached hydrogens (primary N) is 1. The van der Waals surface area contributed by atoms with Gasteiger partial charge in [-0.1, -0.05) is 6.07 Å². The fraction of sp³-hybridized carbons (Fsp3) is 0.429. The molecule has 0 spiro atoms. The molecule has 0 saturated carbocycles. The van der Waals surface area contributed by atoms with Crippen molar-refractivity contribution < 1.29 is 23.5 Å². The molecule has 0 aliphatic rings. The molecule has 1 aromatic carbocycles. The van der Waals surface area contributed by atoms with Crippen molar-refractivity contribution in [1.29, 1.82) is 0 Å². The number of carbonyl (C=O) groups is 2. The van der Waals surface area contributed by atoms with E-state index in [0.717, 1.165) is 0 Å². The van der Waals surface area contributed by atoms with Crippen LogP contribution in [-0.4, -0.2) is 37.2 Å². The molecule has 6 nitrogen and oxygen atoms in total. The highest BCUT2D eigenvalue weighted by Gasteiger charge is 2.21. The Labute approximate surface area is 132 Å². The first-order chi connectivity index (χ1) is 10.5. The third kappa shape index (κ3) is 5.80. The molecule has 0 aliphatic heterocycles. The lowest BCUT2D eigenvalue weighted by molar-refractivity contribution is -0.147. The number of ether oxygens (including phenoxy) is 2. The van der Waals surface area contributed by atoms with Gasteiger partial charge in [-0.25, -0.2) is 14.0 Å². The second kappa shape index (κ2) is 9.14. The zero-order valence-electron chi connectivity index (χ0n) is 12.4. The number of thioether (sulfide) groups is 1. The summed E-state index contributed by atoms with van der Waals surface area (Å²) in [4.78, 5) is 22.8. The normalized spacial score (nSPS) is 11.6. The number of hydrogen-bond donors (Lipinski definition) is 2. The quantitative estimate of drug-likeness (QED) is 0.708. The van der Waals surface area contributed by atoms with Gasteiger partial charge in [0.25, 0.3) is 0 Å². The van der Waals surface area contributed by atoms with Gasteiger partial charge < -0.3 is 20.5 Å². The van der Waals surface area contributed by atoms with Gasteiger partial charge in [-0.15, -0.1) is 0 Å². The van der Waals surface area contributed by atoms with Gasteiger partial charge in [-0.05, 0) is 36.1 Å². The van der Waals surface area contributed by atoms with Crippen LogP contribution in [0.2, 0.25) is 0 Å². The maximum Gasteiger partial charge on any atom is 0.329 e. The molecule has 22 heavy (non-hydrogen) atoms. The number of esters is 1. The topological polar surface area (TPSA) is 90.7 Å². The van der Waals surface area contributed by atoms with Crippen LogP contribution >= 0.6 is 11.8 Å². The summed E-state index contributed by atoms with van der Waals surface area (Å²) in [5, 5.41) is 2.34. The first-order valence-corrected chi connectivity index (χ1v) is 7.91. The molecule has 1 rings (SSSR count). The summed E-state index contributed by atoms with van der Waals surface area (Å²) in [6.45, 7) is -0.101. The third-order valence-electron chi connectivity index (χ3n) is 2.81. The summed E-state index contributed by atoms with van der Waals surface area (Å²) in [6, 6.07) is 2.66. The zero-order chi connectivity index (χ0) is 16.5. The molecule has 0 radical (unpaired) electrons. The van der Waals surface area contributed by atoms with E-state index in [1.54, 1.807) is 6.07 Å². The number of urea groups is 1. The van der Waals surface area contributed by atoms with Gasteiger partial charge in [0.15, 0.2) is 11.6 Å². The maximum absolute atomic E-state index is 13.5. The van der Waals surface area contributed by atoms with Gasteiger partial charge >= 0.3 is 12.0 Å². The van der Waals surface area contributed by atoms with Crippen LogP contribution in [0.1, 0.15) is 12.0 Å². The molecule has 8 heteroatoms. The number of hydrogen-bond acceptors (Lipinski definition) is 5. The summed E-state index contributed by atoms with van der Waals surface area (Å²) in [5.74, 6) is -0.366. The Kier molecular flexibility index (Phi) is 7.51. The first-order valence-electron chi connectivity index (χ1n) is 6.52. The van der Waals surface area contributed by atoms with E-state index in [-0.39, 0.29) is 12.4 Å². The SMILES string of the molecule is COc1ccc(COC(=O)[C@@H](CCSC)NC(N)=O)cc1F. The van der Waals surface area contributed by atoms with Crippen LogP contribution in [0.25, 0.3) is 0 Å². The Morgan fingerprint density at radius 2 is 2.18 bits per heavy atom. The molecule has 3 N–H and O–H groups in total. The molecule has 1 aromatic rings. The largest absolute Gasteiger partial charge is 0.494 e. The lowest BCUT2D eigenvalue weighted by atomic mass is 10.2. The predicted octanol–water partition coefficient (Wildman–Crippen LogP) is 1.67. The highest BCUT2D eigenvalue weighted by molar-refractivity contribution is 7.98. The number of halogens is 1. The molecule has 122 valence electrons. The van der Waals surface area contributed by atoms with Crippen molar-refractivity contribution in [1.82, 2.24) is 5.32 Å². The minimum atomic E-state index is -0.812. The molecular formula is C14H19FN2O4S. The summed E-state index contributed by atoms with van der Waals surface area (Å²) in [7, 11) is 1.37. The summed E-state index contributed by atoms with van der Waals surface area (Å²) >= 11 is 1.53. The van der Waals surface area contributed by atoms with Gasteiger partial charge in [-0.2, -0.15) is 11.8 Å². The molecule has 0 saturated heterocycles. The number of carbonyl (C=O) groups excluding carboxylic acids is 2. The average molecular weight is 330 g/mol. The van der Waals surface area contributed by atoms with Crippen LogP contribution in [0.3, 0.4) is 0 Å². The first kappa shape index (κ1) is 18.1. The standard InChI is InChI=1S/C14H19FN2O4S/c1-20-12-4-3-9(7-10(12)15)8-21-13(18)11(5-6-22-2)17-14(16)19/h3-4,7,11H,5-6,8H2,1-2H3,(H3,16,17,19)/t11-/m1/s1. The van der Waals surface area contributed by atoms with Crippen molar-refractivity contribution in [2.24, 2.45) is 5.73 Å². The van der Waals surface area contributed by atoms with Gasteiger partial charge in [0, 0.05) is 0 Å². The van der Waals surface area contributed by atoms with Crippen LogP contribution in [0.5, 0.6) is 5.75 Å². The van der Waals surface area contributed by atoms with Crippen LogP contribution in [0, 0.1) is 5.82 Å². The van der Waals surface area contributed by atoms with Gasteiger partial charge in [-0.3, -0.25) is 0 Å². The molecule has 0 bridgehead atoms. The lowest BCUT2D eigenvalue weighted by Crippen LogP contribution is -2.44. The highest BCUT2D eigenvalue weighted by Crippen LogP contribution is 2.18. The van der Waals surface area contributed by atoms with Crippen LogP contribution in [-0.2, 0) is 16.1 Å². The van der Waals surface area contributed by atoms with E-state index in [0.29, 0.717) is 17.7 Å². The van der Waals surface area contributed by atoms with E-state index >= 15 is 0 Å². The highest BCUT2D eigenvalue weighted by atomic mass is 32.2. The van der Waals surface area contributed by atoms with Crippen molar-refractivity contribution >= 4 is 23.8 Å². The van der Waals surface area contributed by atoms with E-state index in [4.69, 9.17) is 15.2 Å². The number of rotatable bonds is 8. The van der Waals surface area contributed by atoms with Crippen LogP contribution in [0.4, 0.5) is 9.18 Å². The molecular weight excluding hydrogens is 311 g/mol. The number of benzene rings is 1. The van der Waals surface area contributed by atoms with E-state index in [1.165, 1.54) is 31.0 Å². The Bertz CT molecular complexity index is 528. The van der Waals surface area contributed by atoms with Crippen molar-refractivity contribution in [2.45, 2.75) is 19.1 Å². The average Bonchev–Trinajstić information content (AvgIpc) is 2.48. The molecule has 0 aromatic heterocycles. The number of nitrogens with one attached hydrogen (secondary N) is 1. The number of amides is 2. The fourth-order valence-corrected chi connectivity index (χ4v) is 2.18. The summed E-state index contributed by atoms with van der Waals surface area (Å²) in [5.41, 5.74) is 5.51. The smallest absolute Gasteiger partial charge is 0.329 e. The van der Waals surface area contributed by atoms with Crippen molar-refractivity contribution in [3.05, 3.63) is 29.6 Å². The second-order valence-corrected chi connectivity index (χ2v) is 5.40. The van der Waals surface area contributed by atoms with Gasteiger partial charge in [0.2, 0.25) is 0 Å². The predicted molar refractivity (Wildman–Crippen MR) is 82.3 cm³/mol. The summed E-state index contributed by atoms with van der Waals surface area (Å²) < 4.78 is 23.4.